The minimum atomic E-state index is -2.68. The van der Waals surface area contributed by atoms with E-state index in [1.807, 2.05) is 24.3 Å². The molecular formula is C22H24F2N4O2. The fourth-order valence-corrected chi connectivity index (χ4v) is 3.90. The van der Waals surface area contributed by atoms with Gasteiger partial charge in [0.1, 0.15) is 5.75 Å². The van der Waals surface area contributed by atoms with Gasteiger partial charge in [0.15, 0.2) is 5.82 Å². The number of nitrogens with zero attached hydrogens (tertiary/aromatic N) is 2. The lowest BCUT2D eigenvalue weighted by molar-refractivity contribution is 0.0938. The molecular weight excluding hydrogens is 390 g/mol. The Hall–Kier alpha value is -3.00. The fraction of sp³-hybridized carbons (Fsp3) is 0.364. The summed E-state index contributed by atoms with van der Waals surface area (Å²) < 4.78 is 30.9. The van der Waals surface area contributed by atoms with Crippen LogP contribution in [-0.4, -0.2) is 47.5 Å². The number of H-pyrrole nitrogens is 1. The number of fused-ring (bicyclic) bond motifs is 1. The third-order valence-electron chi connectivity index (χ3n) is 5.51. The van der Waals surface area contributed by atoms with Crippen molar-refractivity contribution in [3.8, 4) is 5.75 Å². The Labute approximate surface area is 173 Å². The van der Waals surface area contributed by atoms with E-state index in [0.717, 1.165) is 37.2 Å². The number of imidazole rings is 1. The maximum absolute atomic E-state index is 12.8. The molecule has 1 aromatic heterocycles. The summed E-state index contributed by atoms with van der Waals surface area (Å²) in [4.78, 5) is 21.5. The van der Waals surface area contributed by atoms with Crippen molar-refractivity contribution < 1.29 is 18.3 Å². The van der Waals surface area contributed by atoms with Crippen LogP contribution >= 0.6 is 0 Å². The number of hydrogen-bond acceptors (Lipinski definition) is 4. The van der Waals surface area contributed by atoms with Crippen molar-refractivity contribution >= 4 is 16.9 Å². The highest BCUT2D eigenvalue weighted by atomic mass is 19.3. The molecule has 1 unspecified atom stereocenters. The molecule has 2 aromatic carbocycles. The van der Waals surface area contributed by atoms with E-state index in [-0.39, 0.29) is 11.9 Å². The van der Waals surface area contributed by atoms with Crippen LogP contribution in [0, 0.1) is 0 Å². The molecule has 0 spiro atoms. The number of benzene rings is 2. The molecule has 1 atom stereocenters. The molecule has 0 saturated carbocycles. The first-order chi connectivity index (χ1) is 14.5. The SMILES string of the molecule is COc1ccc(C(CNC(=O)c2ccc3nc(C(F)F)[nH]c3c2)N2CCCC2)cc1. The molecule has 0 aliphatic carbocycles. The van der Waals surface area contributed by atoms with Gasteiger partial charge in [0.25, 0.3) is 12.3 Å². The predicted octanol–water partition coefficient (Wildman–Crippen LogP) is 4.08. The van der Waals surface area contributed by atoms with Gasteiger partial charge in [0, 0.05) is 12.1 Å². The number of methoxy groups -OCH3 is 1. The van der Waals surface area contributed by atoms with Crippen molar-refractivity contribution in [2.45, 2.75) is 25.3 Å². The van der Waals surface area contributed by atoms with Crippen LogP contribution in [0.4, 0.5) is 8.78 Å². The summed E-state index contributed by atoms with van der Waals surface area (Å²) in [6, 6.07) is 12.7. The lowest BCUT2D eigenvalue weighted by Gasteiger charge is -2.28. The summed E-state index contributed by atoms with van der Waals surface area (Å²) in [5, 5.41) is 3.00. The highest BCUT2D eigenvalue weighted by Gasteiger charge is 2.24. The minimum Gasteiger partial charge on any atom is -0.497 e. The number of hydrogen-bond donors (Lipinski definition) is 2. The Balaban J connectivity index is 1.49. The molecule has 8 heteroatoms. The van der Waals surface area contributed by atoms with Crippen molar-refractivity contribution in [1.29, 1.82) is 0 Å². The number of halogens is 2. The van der Waals surface area contributed by atoms with Crippen molar-refractivity contribution in [2.24, 2.45) is 0 Å². The quantitative estimate of drug-likeness (QED) is 0.611. The first-order valence-corrected chi connectivity index (χ1v) is 9.99. The van der Waals surface area contributed by atoms with Crippen molar-refractivity contribution in [3.05, 3.63) is 59.4 Å². The van der Waals surface area contributed by atoms with Gasteiger partial charge in [-0.15, -0.1) is 0 Å². The highest BCUT2D eigenvalue weighted by Crippen LogP contribution is 2.26. The molecule has 1 amide bonds. The maximum atomic E-state index is 12.8. The summed E-state index contributed by atoms with van der Waals surface area (Å²) in [7, 11) is 1.63. The van der Waals surface area contributed by atoms with Gasteiger partial charge in [-0.1, -0.05) is 12.1 Å². The largest absolute Gasteiger partial charge is 0.497 e. The van der Waals surface area contributed by atoms with E-state index in [1.54, 1.807) is 25.3 Å². The molecule has 6 nitrogen and oxygen atoms in total. The Morgan fingerprint density at radius 2 is 1.93 bits per heavy atom. The normalized spacial score (nSPS) is 15.6. The first kappa shape index (κ1) is 20.3. The van der Waals surface area contributed by atoms with Gasteiger partial charge in [0.2, 0.25) is 0 Å². The van der Waals surface area contributed by atoms with Crippen LogP contribution in [0.5, 0.6) is 5.75 Å². The molecule has 0 radical (unpaired) electrons. The van der Waals surface area contributed by atoms with Gasteiger partial charge >= 0.3 is 0 Å². The Kier molecular flexibility index (Phi) is 5.94. The molecule has 1 aliphatic rings. The highest BCUT2D eigenvalue weighted by molar-refractivity contribution is 5.97. The summed E-state index contributed by atoms with van der Waals surface area (Å²) in [5.41, 5.74) is 2.35. The van der Waals surface area contributed by atoms with Crippen LogP contribution in [0.2, 0.25) is 0 Å². The van der Waals surface area contributed by atoms with E-state index < -0.39 is 12.2 Å². The number of nitrogens with one attached hydrogen (secondary N) is 2. The van der Waals surface area contributed by atoms with E-state index in [9.17, 15) is 13.6 Å². The predicted molar refractivity (Wildman–Crippen MR) is 110 cm³/mol. The minimum absolute atomic E-state index is 0.0590. The van der Waals surface area contributed by atoms with E-state index >= 15 is 0 Å². The number of aromatic amines is 1. The second kappa shape index (κ2) is 8.79. The van der Waals surface area contributed by atoms with Crippen LogP contribution in [0.3, 0.4) is 0 Å². The van der Waals surface area contributed by atoms with Gasteiger partial charge in [-0.2, -0.15) is 0 Å². The second-order valence-corrected chi connectivity index (χ2v) is 7.40. The van der Waals surface area contributed by atoms with Crippen LogP contribution in [0.15, 0.2) is 42.5 Å². The zero-order chi connectivity index (χ0) is 21.1. The van der Waals surface area contributed by atoms with Crippen molar-refractivity contribution in [3.63, 3.8) is 0 Å². The molecule has 3 aromatic rings. The summed E-state index contributed by atoms with van der Waals surface area (Å²) >= 11 is 0. The second-order valence-electron chi connectivity index (χ2n) is 7.40. The maximum Gasteiger partial charge on any atom is 0.295 e. The third-order valence-corrected chi connectivity index (χ3v) is 5.51. The molecule has 0 bridgehead atoms. The first-order valence-electron chi connectivity index (χ1n) is 9.99. The van der Waals surface area contributed by atoms with E-state index in [1.165, 1.54) is 0 Å². The fourth-order valence-electron chi connectivity index (χ4n) is 3.90. The Bertz CT molecular complexity index is 1010. The van der Waals surface area contributed by atoms with Gasteiger partial charge < -0.3 is 15.0 Å². The van der Waals surface area contributed by atoms with Crippen LogP contribution in [0.25, 0.3) is 11.0 Å². The monoisotopic (exact) mass is 414 g/mol. The van der Waals surface area contributed by atoms with E-state index in [2.05, 4.69) is 20.2 Å². The zero-order valence-corrected chi connectivity index (χ0v) is 16.7. The van der Waals surface area contributed by atoms with Crippen LogP contribution < -0.4 is 10.1 Å². The smallest absolute Gasteiger partial charge is 0.295 e. The number of carbonyl (C=O) groups excluding carboxylic acids is 1. The van der Waals surface area contributed by atoms with Gasteiger partial charge in [-0.3, -0.25) is 9.69 Å². The van der Waals surface area contributed by atoms with E-state index in [4.69, 9.17) is 4.74 Å². The lowest BCUT2D eigenvalue weighted by Crippen LogP contribution is -2.36. The Morgan fingerprint density at radius 1 is 1.20 bits per heavy atom. The number of ether oxygens (including phenoxy) is 1. The number of alkyl halides is 2. The van der Waals surface area contributed by atoms with Crippen LogP contribution in [0.1, 0.15) is 47.1 Å². The molecule has 1 aliphatic heterocycles. The van der Waals surface area contributed by atoms with Crippen molar-refractivity contribution in [1.82, 2.24) is 20.2 Å². The number of amides is 1. The standard InChI is InChI=1S/C22H24F2N4O2/c1-30-16-7-4-14(5-8-16)19(28-10-2-3-11-28)13-25-22(29)15-6-9-17-18(12-15)27-21(26-17)20(23)24/h4-9,12,19-20H,2-3,10-11,13H2,1H3,(H,25,29)(H,26,27). The number of likely N-dealkylation sites (tertiary alicyclic amines) is 1. The van der Waals surface area contributed by atoms with Gasteiger partial charge in [-0.25, -0.2) is 13.8 Å². The molecule has 158 valence electrons. The number of aromatic nitrogens is 2. The molecule has 1 fully saturated rings. The average molecular weight is 414 g/mol. The summed E-state index contributed by atoms with van der Waals surface area (Å²) in [6.07, 6.45) is -0.395. The van der Waals surface area contributed by atoms with Crippen LogP contribution in [-0.2, 0) is 0 Å². The van der Waals surface area contributed by atoms with E-state index in [0.29, 0.717) is 23.1 Å². The molecule has 30 heavy (non-hydrogen) atoms. The lowest BCUT2D eigenvalue weighted by atomic mass is 10.0. The summed E-state index contributed by atoms with van der Waals surface area (Å²) in [6.45, 7) is 2.43. The zero-order valence-electron chi connectivity index (χ0n) is 16.7. The summed E-state index contributed by atoms with van der Waals surface area (Å²) in [5.74, 6) is 0.151. The Morgan fingerprint density at radius 3 is 2.60 bits per heavy atom. The van der Waals surface area contributed by atoms with Crippen molar-refractivity contribution in [2.75, 3.05) is 26.7 Å². The van der Waals surface area contributed by atoms with Gasteiger partial charge in [0.05, 0.1) is 24.2 Å². The topological polar surface area (TPSA) is 70.2 Å². The number of carbonyl (C=O) groups is 1. The third kappa shape index (κ3) is 4.28. The molecule has 4 rings (SSSR count). The van der Waals surface area contributed by atoms with Gasteiger partial charge in [-0.05, 0) is 61.8 Å². The number of rotatable bonds is 7. The average Bonchev–Trinajstić information content (AvgIpc) is 3.43. The molecule has 2 N–H and O–H groups in total. The molecule has 1 saturated heterocycles. The molecule has 2 heterocycles.